The van der Waals surface area contributed by atoms with Crippen molar-refractivity contribution in [2.45, 2.75) is 50.3 Å². The number of rotatable bonds is 5. The molecule has 2 N–H and O–H groups in total. The Hall–Kier alpha value is -2.18. The number of aromatic nitrogens is 2. The van der Waals surface area contributed by atoms with Gasteiger partial charge in [-0.2, -0.15) is 22.3 Å². The standard InChI is InChI=1S/C17H17ClF4N4O3S/c1-8-14(16(27)23-10-6-12(18)24-13(19)7-10)26-5-3-4-11(26)15(8)30(28,29)25-9(2)17(20,21)22/h6-7,9,25H,3-5H2,1-2H3,(H,23,24,27). The summed E-state index contributed by atoms with van der Waals surface area (Å²) in [6, 6.07) is -0.175. The van der Waals surface area contributed by atoms with Crippen molar-refractivity contribution < 1.29 is 30.8 Å². The van der Waals surface area contributed by atoms with Crippen LogP contribution in [0.1, 0.15) is 35.1 Å². The lowest BCUT2D eigenvalue weighted by atomic mass is 10.2. The van der Waals surface area contributed by atoms with Gasteiger partial charge in [-0.25, -0.2) is 13.4 Å². The molecule has 0 aliphatic carbocycles. The minimum Gasteiger partial charge on any atom is -0.339 e. The summed E-state index contributed by atoms with van der Waals surface area (Å²) in [5, 5.41) is 2.22. The molecule has 1 amide bonds. The van der Waals surface area contributed by atoms with Gasteiger partial charge in [0.2, 0.25) is 16.0 Å². The van der Waals surface area contributed by atoms with Crippen LogP contribution in [0, 0.1) is 12.9 Å². The van der Waals surface area contributed by atoms with E-state index >= 15 is 0 Å². The number of amides is 1. The first-order valence-electron chi connectivity index (χ1n) is 8.76. The van der Waals surface area contributed by atoms with Crippen molar-refractivity contribution in [2.24, 2.45) is 0 Å². The maximum Gasteiger partial charge on any atom is 0.404 e. The van der Waals surface area contributed by atoms with E-state index in [4.69, 9.17) is 11.6 Å². The number of halogens is 5. The lowest BCUT2D eigenvalue weighted by Gasteiger charge is -2.17. The molecule has 30 heavy (non-hydrogen) atoms. The number of carbonyl (C=O) groups is 1. The number of sulfonamides is 1. The Labute approximate surface area is 174 Å². The number of pyridine rings is 1. The van der Waals surface area contributed by atoms with Crippen molar-refractivity contribution in [2.75, 3.05) is 5.32 Å². The van der Waals surface area contributed by atoms with Gasteiger partial charge in [-0.3, -0.25) is 4.79 Å². The molecule has 1 atom stereocenters. The van der Waals surface area contributed by atoms with Gasteiger partial charge in [0.15, 0.2) is 0 Å². The maximum atomic E-state index is 13.4. The van der Waals surface area contributed by atoms with Crippen LogP contribution in [0.3, 0.4) is 0 Å². The summed E-state index contributed by atoms with van der Waals surface area (Å²) in [7, 11) is -4.56. The van der Waals surface area contributed by atoms with Gasteiger partial charge in [0, 0.05) is 29.6 Å². The van der Waals surface area contributed by atoms with Crippen molar-refractivity contribution in [3.05, 3.63) is 40.2 Å². The van der Waals surface area contributed by atoms with Gasteiger partial charge in [-0.1, -0.05) is 11.6 Å². The number of hydrogen-bond acceptors (Lipinski definition) is 4. The molecule has 1 unspecified atom stereocenters. The van der Waals surface area contributed by atoms with Gasteiger partial charge in [0.25, 0.3) is 5.91 Å². The summed E-state index contributed by atoms with van der Waals surface area (Å²) in [5.41, 5.74) is 0.220. The summed E-state index contributed by atoms with van der Waals surface area (Å²) in [6.45, 7) is 2.35. The third-order valence-corrected chi connectivity index (χ3v) is 6.61. The monoisotopic (exact) mass is 468 g/mol. The zero-order chi connectivity index (χ0) is 22.4. The fourth-order valence-corrected chi connectivity index (χ4v) is 5.36. The van der Waals surface area contributed by atoms with E-state index in [0.717, 1.165) is 6.07 Å². The highest BCUT2D eigenvalue weighted by molar-refractivity contribution is 7.89. The topological polar surface area (TPSA) is 93.1 Å². The van der Waals surface area contributed by atoms with E-state index in [2.05, 4.69) is 10.3 Å². The minimum atomic E-state index is -4.77. The number of fused-ring (bicyclic) bond motifs is 1. The Kier molecular flexibility index (Phi) is 5.87. The molecule has 0 radical (unpaired) electrons. The predicted octanol–water partition coefficient (Wildman–Crippen LogP) is 3.41. The molecule has 2 aromatic rings. The molecule has 1 aliphatic rings. The Morgan fingerprint density at radius 1 is 1.33 bits per heavy atom. The number of carbonyl (C=O) groups excluding carboxylic acids is 1. The molecule has 0 saturated carbocycles. The minimum absolute atomic E-state index is 0.00123. The SMILES string of the molecule is Cc1c(S(=O)(=O)NC(C)C(F)(F)F)c2n(c1C(=O)Nc1cc(F)nc(Cl)c1)CCC2. The normalized spacial score (nSPS) is 15.2. The van der Waals surface area contributed by atoms with E-state index in [-0.39, 0.29) is 39.1 Å². The average molecular weight is 469 g/mol. The third-order valence-electron chi connectivity index (χ3n) is 4.68. The summed E-state index contributed by atoms with van der Waals surface area (Å²) in [4.78, 5) is 15.8. The molecule has 3 heterocycles. The van der Waals surface area contributed by atoms with Crippen molar-refractivity contribution in [1.82, 2.24) is 14.3 Å². The number of hydrogen-bond donors (Lipinski definition) is 2. The Morgan fingerprint density at radius 3 is 2.60 bits per heavy atom. The summed E-state index contributed by atoms with van der Waals surface area (Å²) >= 11 is 5.67. The smallest absolute Gasteiger partial charge is 0.339 e. The maximum absolute atomic E-state index is 13.4. The molecule has 164 valence electrons. The molecule has 3 rings (SSSR count). The molecular weight excluding hydrogens is 452 g/mol. The van der Waals surface area contributed by atoms with Gasteiger partial charge in [-0.15, -0.1) is 0 Å². The van der Waals surface area contributed by atoms with E-state index < -0.39 is 34.1 Å². The van der Waals surface area contributed by atoms with Crippen LogP contribution in [0.5, 0.6) is 0 Å². The first-order chi connectivity index (χ1) is 13.8. The fraction of sp³-hybridized carbons (Fsp3) is 0.412. The Bertz CT molecular complexity index is 1090. The van der Waals surface area contributed by atoms with E-state index in [1.165, 1.54) is 17.6 Å². The fourth-order valence-electron chi connectivity index (χ4n) is 3.42. The average Bonchev–Trinajstić information content (AvgIpc) is 3.11. The lowest BCUT2D eigenvalue weighted by Crippen LogP contribution is -2.43. The molecule has 0 saturated heterocycles. The second kappa shape index (κ2) is 7.82. The highest BCUT2D eigenvalue weighted by Gasteiger charge is 2.41. The van der Waals surface area contributed by atoms with Crippen LogP contribution in [-0.2, 0) is 23.0 Å². The molecular formula is C17H17ClF4N4O3S. The van der Waals surface area contributed by atoms with Gasteiger partial charge in [-0.05, 0) is 32.8 Å². The van der Waals surface area contributed by atoms with Gasteiger partial charge in [0.1, 0.15) is 21.8 Å². The highest BCUT2D eigenvalue weighted by Crippen LogP contribution is 2.33. The highest BCUT2D eigenvalue weighted by atomic mass is 35.5. The number of anilines is 1. The lowest BCUT2D eigenvalue weighted by molar-refractivity contribution is -0.147. The zero-order valence-electron chi connectivity index (χ0n) is 15.8. The van der Waals surface area contributed by atoms with Crippen LogP contribution in [0.25, 0.3) is 0 Å². The molecule has 0 bridgehead atoms. The molecule has 7 nitrogen and oxygen atoms in total. The number of nitrogens with zero attached hydrogens (tertiary/aromatic N) is 2. The molecule has 0 aromatic carbocycles. The van der Waals surface area contributed by atoms with Crippen LogP contribution in [-0.4, -0.2) is 36.1 Å². The van der Waals surface area contributed by atoms with Gasteiger partial charge >= 0.3 is 6.18 Å². The van der Waals surface area contributed by atoms with E-state index in [1.807, 2.05) is 0 Å². The van der Waals surface area contributed by atoms with Gasteiger partial charge < -0.3 is 9.88 Å². The summed E-state index contributed by atoms with van der Waals surface area (Å²) in [5.74, 6) is -1.67. The van der Waals surface area contributed by atoms with E-state index in [9.17, 15) is 30.8 Å². The van der Waals surface area contributed by atoms with Crippen molar-refractivity contribution in [1.29, 1.82) is 0 Å². The van der Waals surface area contributed by atoms with Crippen LogP contribution in [0.2, 0.25) is 5.15 Å². The largest absolute Gasteiger partial charge is 0.404 e. The predicted molar refractivity (Wildman–Crippen MR) is 100 cm³/mol. The van der Waals surface area contributed by atoms with Crippen LogP contribution < -0.4 is 10.0 Å². The van der Waals surface area contributed by atoms with Crippen molar-refractivity contribution in [3.8, 4) is 0 Å². The molecule has 0 fully saturated rings. The van der Waals surface area contributed by atoms with E-state index in [1.54, 1.807) is 4.72 Å². The van der Waals surface area contributed by atoms with Crippen LogP contribution >= 0.6 is 11.6 Å². The Morgan fingerprint density at radius 2 is 2.00 bits per heavy atom. The second-order valence-electron chi connectivity index (χ2n) is 6.84. The Balaban J connectivity index is 2.01. The first-order valence-corrected chi connectivity index (χ1v) is 10.6. The quantitative estimate of drug-likeness (QED) is 0.519. The number of alkyl halides is 3. The third kappa shape index (κ3) is 4.30. The molecule has 2 aromatic heterocycles. The molecule has 13 heteroatoms. The summed E-state index contributed by atoms with van der Waals surface area (Å²) in [6.07, 6.45) is -3.97. The van der Waals surface area contributed by atoms with Crippen molar-refractivity contribution >= 4 is 33.2 Å². The van der Waals surface area contributed by atoms with E-state index in [0.29, 0.717) is 19.9 Å². The van der Waals surface area contributed by atoms with Gasteiger partial charge in [0.05, 0.1) is 0 Å². The number of nitrogens with one attached hydrogen (secondary N) is 2. The molecule has 0 spiro atoms. The van der Waals surface area contributed by atoms with Crippen LogP contribution in [0.4, 0.5) is 23.2 Å². The van der Waals surface area contributed by atoms with Crippen molar-refractivity contribution in [3.63, 3.8) is 0 Å². The van der Waals surface area contributed by atoms with Crippen LogP contribution in [0.15, 0.2) is 17.0 Å². The second-order valence-corrected chi connectivity index (χ2v) is 8.88. The first kappa shape index (κ1) is 22.5. The molecule has 1 aliphatic heterocycles. The zero-order valence-corrected chi connectivity index (χ0v) is 17.3. The summed E-state index contributed by atoms with van der Waals surface area (Å²) < 4.78 is 80.6.